The van der Waals surface area contributed by atoms with E-state index >= 15 is 0 Å². The number of nitriles is 1. The molecular formula is C11H19N3O. The number of carbonyl (C=O) groups is 1. The number of hydrogen-bond donors (Lipinski definition) is 1. The summed E-state index contributed by atoms with van der Waals surface area (Å²) in [7, 11) is 0. The van der Waals surface area contributed by atoms with Crippen LogP contribution in [0.3, 0.4) is 0 Å². The summed E-state index contributed by atoms with van der Waals surface area (Å²) in [5.74, 6) is 0.0187. The molecule has 1 amide bonds. The van der Waals surface area contributed by atoms with Gasteiger partial charge in [-0.15, -0.1) is 0 Å². The molecule has 0 saturated carbocycles. The van der Waals surface area contributed by atoms with E-state index in [1.807, 2.05) is 0 Å². The molecule has 1 aliphatic rings. The van der Waals surface area contributed by atoms with Crippen LogP contribution in [-0.4, -0.2) is 36.5 Å². The summed E-state index contributed by atoms with van der Waals surface area (Å²) in [4.78, 5) is 13.8. The first kappa shape index (κ1) is 12.0. The zero-order valence-corrected chi connectivity index (χ0v) is 9.33. The number of nitrogens with one attached hydrogen (secondary N) is 1. The lowest BCUT2D eigenvalue weighted by Crippen LogP contribution is -2.44. The van der Waals surface area contributed by atoms with E-state index in [2.05, 4.69) is 23.2 Å². The molecule has 0 aromatic rings. The van der Waals surface area contributed by atoms with Gasteiger partial charge >= 0.3 is 0 Å². The third-order valence-corrected chi connectivity index (χ3v) is 2.75. The van der Waals surface area contributed by atoms with E-state index in [1.54, 1.807) is 0 Å². The Kier molecular flexibility index (Phi) is 5.13. The Hall–Kier alpha value is -1.08. The topological polar surface area (TPSA) is 56.1 Å². The van der Waals surface area contributed by atoms with Crippen LogP contribution in [0.25, 0.3) is 0 Å². The lowest BCUT2D eigenvalue weighted by atomic mass is 10.1. The van der Waals surface area contributed by atoms with Gasteiger partial charge in [-0.05, 0) is 19.4 Å². The van der Waals surface area contributed by atoms with Gasteiger partial charge in [0.1, 0.15) is 6.04 Å². The lowest BCUT2D eigenvalue weighted by Gasteiger charge is -2.26. The summed E-state index contributed by atoms with van der Waals surface area (Å²) in [5, 5.41) is 11.6. The Labute approximate surface area is 91.2 Å². The average Bonchev–Trinajstić information content (AvgIpc) is 2.40. The van der Waals surface area contributed by atoms with E-state index in [-0.39, 0.29) is 11.9 Å². The average molecular weight is 209 g/mol. The molecule has 1 aliphatic heterocycles. The molecule has 1 heterocycles. The fraction of sp³-hybridized carbons (Fsp3) is 0.818. The Morgan fingerprint density at radius 2 is 2.47 bits per heavy atom. The molecule has 0 aromatic carbocycles. The van der Waals surface area contributed by atoms with Gasteiger partial charge in [0.05, 0.1) is 12.5 Å². The van der Waals surface area contributed by atoms with E-state index in [9.17, 15) is 4.79 Å². The number of carbonyl (C=O) groups excluding carboxylic acids is 1. The van der Waals surface area contributed by atoms with Gasteiger partial charge in [-0.25, -0.2) is 0 Å². The van der Waals surface area contributed by atoms with Crippen molar-refractivity contribution in [2.45, 2.75) is 38.6 Å². The number of hydrogen-bond acceptors (Lipinski definition) is 3. The minimum absolute atomic E-state index is 0.0187. The van der Waals surface area contributed by atoms with Crippen molar-refractivity contribution < 1.29 is 4.79 Å². The summed E-state index contributed by atoms with van der Waals surface area (Å²) < 4.78 is 0. The molecule has 1 atom stereocenters. The molecule has 84 valence electrons. The van der Waals surface area contributed by atoms with Crippen LogP contribution in [0.1, 0.15) is 32.6 Å². The second-order valence-electron chi connectivity index (χ2n) is 3.91. The lowest BCUT2D eigenvalue weighted by molar-refractivity contribution is -0.125. The standard InChI is InChI=1S/C11H19N3O/c1-2-3-8-14-9-4-7-13-11(15)10(14)5-6-12/h10H,2-5,7-9H2,1H3,(H,13,15). The second kappa shape index (κ2) is 6.41. The highest BCUT2D eigenvalue weighted by Crippen LogP contribution is 2.10. The van der Waals surface area contributed by atoms with Crippen LogP contribution in [0.5, 0.6) is 0 Å². The van der Waals surface area contributed by atoms with Crippen LogP contribution in [0.15, 0.2) is 0 Å². The van der Waals surface area contributed by atoms with Crippen LogP contribution in [-0.2, 0) is 4.79 Å². The number of unbranched alkanes of at least 4 members (excludes halogenated alkanes) is 1. The molecule has 1 N–H and O–H groups in total. The van der Waals surface area contributed by atoms with Gasteiger partial charge in [-0.2, -0.15) is 5.26 Å². The van der Waals surface area contributed by atoms with Crippen molar-refractivity contribution in [1.82, 2.24) is 10.2 Å². The summed E-state index contributed by atoms with van der Waals surface area (Å²) in [6, 6.07) is 1.87. The van der Waals surface area contributed by atoms with E-state index in [0.29, 0.717) is 6.42 Å². The minimum atomic E-state index is -0.232. The van der Waals surface area contributed by atoms with E-state index < -0.39 is 0 Å². The monoisotopic (exact) mass is 209 g/mol. The van der Waals surface area contributed by atoms with Crippen LogP contribution >= 0.6 is 0 Å². The predicted molar refractivity (Wildman–Crippen MR) is 58.1 cm³/mol. The number of rotatable bonds is 4. The van der Waals surface area contributed by atoms with Gasteiger partial charge in [0, 0.05) is 13.1 Å². The first-order valence-corrected chi connectivity index (χ1v) is 5.68. The Bertz CT molecular complexity index is 247. The summed E-state index contributed by atoms with van der Waals surface area (Å²) in [6.45, 7) is 4.72. The molecule has 1 unspecified atom stereocenters. The maximum Gasteiger partial charge on any atom is 0.238 e. The van der Waals surface area contributed by atoms with Crippen molar-refractivity contribution in [2.24, 2.45) is 0 Å². The second-order valence-corrected chi connectivity index (χ2v) is 3.91. The van der Waals surface area contributed by atoms with Gasteiger partial charge in [-0.3, -0.25) is 9.69 Å². The van der Waals surface area contributed by atoms with Gasteiger partial charge in [0.25, 0.3) is 0 Å². The van der Waals surface area contributed by atoms with Gasteiger partial charge in [0.2, 0.25) is 5.91 Å². The maximum atomic E-state index is 11.7. The van der Waals surface area contributed by atoms with Crippen LogP contribution in [0.4, 0.5) is 0 Å². The van der Waals surface area contributed by atoms with E-state index in [1.165, 1.54) is 0 Å². The third kappa shape index (κ3) is 3.52. The number of nitrogens with zero attached hydrogens (tertiary/aromatic N) is 2. The fourth-order valence-corrected chi connectivity index (χ4v) is 1.87. The highest BCUT2D eigenvalue weighted by Gasteiger charge is 2.26. The minimum Gasteiger partial charge on any atom is -0.355 e. The first-order valence-electron chi connectivity index (χ1n) is 5.68. The van der Waals surface area contributed by atoms with E-state index in [4.69, 9.17) is 5.26 Å². The van der Waals surface area contributed by atoms with Crippen LogP contribution in [0, 0.1) is 11.3 Å². The molecule has 0 aliphatic carbocycles. The van der Waals surface area contributed by atoms with Crippen molar-refractivity contribution in [3.05, 3.63) is 0 Å². The normalized spacial score (nSPS) is 22.9. The summed E-state index contributed by atoms with van der Waals surface area (Å²) in [6.07, 6.45) is 3.50. The quantitative estimate of drug-likeness (QED) is 0.748. The summed E-state index contributed by atoms with van der Waals surface area (Å²) in [5.41, 5.74) is 0. The molecule has 4 nitrogen and oxygen atoms in total. The molecule has 1 fully saturated rings. The Balaban J connectivity index is 2.60. The summed E-state index contributed by atoms with van der Waals surface area (Å²) >= 11 is 0. The molecule has 0 radical (unpaired) electrons. The Morgan fingerprint density at radius 1 is 1.67 bits per heavy atom. The zero-order valence-electron chi connectivity index (χ0n) is 9.33. The van der Waals surface area contributed by atoms with Gasteiger partial charge in [0.15, 0.2) is 0 Å². The Morgan fingerprint density at radius 3 is 3.13 bits per heavy atom. The van der Waals surface area contributed by atoms with E-state index in [0.717, 1.165) is 38.9 Å². The van der Waals surface area contributed by atoms with Crippen molar-refractivity contribution in [3.63, 3.8) is 0 Å². The largest absolute Gasteiger partial charge is 0.355 e. The first-order chi connectivity index (χ1) is 7.29. The van der Waals surface area contributed by atoms with Crippen LogP contribution < -0.4 is 5.32 Å². The molecule has 1 saturated heterocycles. The van der Waals surface area contributed by atoms with Crippen molar-refractivity contribution in [1.29, 1.82) is 5.26 Å². The van der Waals surface area contributed by atoms with Crippen molar-refractivity contribution in [2.75, 3.05) is 19.6 Å². The number of amides is 1. The highest BCUT2D eigenvalue weighted by molar-refractivity contribution is 5.82. The molecule has 0 aromatic heterocycles. The SMILES string of the molecule is CCCCN1CCCNC(=O)C1CC#N. The van der Waals surface area contributed by atoms with Crippen molar-refractivity contribution in [3.8, 4) is 6.07 Å². The fourth-order valence-electron chi connectivity index (χ4n) is 1.87. The maximum absolute atomic E-state index is 11.7. The molecule has 0 spiro atoms. The molecule has 0 bridgehead atoms. The smallest absolute Gasteiger partial charge is 0.238 e. The third-order valence-electron chi connectivity index (χ3n) is 2.75. The molecule has 15 heavy (non-hydrogen) atoms. The van der Waals surface area contributed by atoms with Gasteiger partial charge < -0.3 is 5.32 Å². The highest BCUT2D eigenvalue weighted by atomic mass is 16.2. The van der Waals surface area contributed by atoms with Crippen molar-refractivity contribution >= 4 is 5.91 Å². The molecule has 4 heteroatoms. The zero-order chi connectivity index (χ0) is 11.1. The molecule has 1 rings (SSSR count). The molecular weight excluding hydrogens is 190 g/mol. The van der Waals surface area contributed by atoms with Gasteiger partial charge in [-0.1, -0.05) is 13.3 Å². The predicted octanol–water partition coefficient (Wildman–Crippen LogP) is 0.891. The van der Waals surface area contributed by atoms with Crippen LogP contribution in [0.2, 0.25) is 0 Å².